The summed E-state index contributed by atoms with van der Waals surface area (Å²) < 4.78 is 11.3. The van der Waals surface area contributed by atoms with Gasteiger partial charge in [-0.3, -0.25) is 4.79 Å². The lowest BCUT2D eigenvalue weighted by atomic mass is 10.1. The molecule has 0 aliphatic heterocycles. The van der Waals surface area contributed by atoms with Gasteiger partial charge >= 0.3 is 0 Å². The van der Waals surface area contributed by atoms with Crippen LogP contribution < -0.4 is 9.47 Å². The Balaban J connectivity index is 1.75. The lowest BCUT2D eigenvalue weighted by molar-refractivity contribution is 0.104. The molecule has 2 aromatic rings. The van der Waals surface area contributed by atoms with Crippen molar-refractivity contribution in [3.8, 4) is 11.5 Å². The second kappa shape index (κ2) is 13.6. The predicted octanol–water partition coefficient (Wildman–Crippen LogP) is 7.11. The van der Waals surface area contributed by atoms with Crippen LogP contribution in [0.5, 0.6) is 11.5 Å². The normalized spacial score (nSPS) is 11.0. The molecule has 0 bridgehead atoms. The van der Waals surface area contributed by atoms with Crippen LogP contribution in [-0.4, -0.2) is 19.0 Å². The first-order valence-electron chi connectivity index (χ1n) is 10.9. The average molecular weight is 395 g/mol. The summed E-state index contributed by atoms with van der Waals surface area (Å²) in [5.74, 6) is 1.66. The van der Waals surface area contributed by atoms with E-state index in [1.807, 2.05) is 54.6 Å². The number of rotatable bonds is 14. The minimum Gasteiger partial charge on any atom is -0.494 e. The maximum Gasteiger partial charge on any atom is 0.185 e. The quantitative estimate of drug-likeness (QED) is 0.194. The third-order valence-corrected chi connectivity index (χ3v) is 4.69. The van der Waals surface area contributed by atoms with Crippen LogP contribution in [0.1, 0.15) is 74.7 Å². The number of ether oxygens (including phenoxy) is 2. The summed E-state index contributed by atoms with van der Waals surface area (Å²) in [4.78, 5) is 12.4. The van der Waals surface area contributed by atoms with Gasteiger partial charge in [-0.1, -0.05) is 64.2 Å². The maximum absolute atomic E-state index is 12.4. The van der Waals surface area contributed by atoms with Crippen LogP contribution in [0.15, 0.2) is 54.6 Å². The SMILES string of the molecule is CCCCCCCCOc1ccc(C(=O)/C=C/c2ccc(OCCC)cc2)cc1. The lowest BCUT2D eigenvalue weighted by Gasteiger charge is -2.06. The molecule has 0 aliphatic rings. The molecular weight excluding hydrogens is 360 g/mol. The highest BCUT2D eigenvalue weighted by atomic mass is 16.5. The van der Waals surface area contributed by atoms with Crippen molar-refractivity contribution in [1.82, 2.24) is 0 Å². The molecule has 3 heteroatoms. The number of carbonyl (C=O) groups excluding carboxylic acids is 1. The van der Waals surface area contributed by atoms with Crippen LogP contribution in [0.4, 0.5) is 0 Å². The van der Waals surface area contributed by atoms with Crippen LogP contribution in [0.2, 0.25) is 0 Å². The standard InChI is InChI=1S/C26H34O3/c1-3-5-6-7-8-9-21-29-25-17-13-23(14-18-25)26(27)19-12-22-10-15-24(16-11-22)28-20-4-2/h10-19H,3-9,20-21H2,1-2H3/b19-12+. The summed E-state index contributed by atoms with van der Waals surface area (Å²) in [6.45, 7) is 5.76. The average Bonchev–Trinajstić information content (AvgIpc) is 2.76. The molecule has 0 fully saturated rings. The van der Waals surface area contributed by atoms with E-state index in [0.29, 0.717) is 12.2 Å². The first-order valence-corrected chi connectivity index (χ1v) is 10.9. The molecule has 29 heavy (non-hydrogen) atoms. The monoisotopic (exact) mass is 394 g/mol. The van der Waals surface area contributed by atoms with E-state index in [4.69, 9.17) is 9.47 Å². The Morgan fingerprint density at radius 3 is 1.97 bits per heavy atom. The number of ketones is 1. The van der Waals surface area contributed by atoms with Gasteiger partial charge in [0.05, 0.1) is 13.2 Å². The van der Waals surface area contributed by atoms with Crippen molar-refractivity contribution in [3.05, 3.63) is 65.7 Å². The van der Waals surface area contributed by atoms with E-state index < -0.39 is 0 Å². The van der Waals surface area contributed by atoms with E-state index in [2.05, 4.69) is 13.8 Å². The van der Waals surface area contributed by atoms with Gasteiger partial charge in [-0.2, -0.15) is 0 Å². The van der Waals surface area contributed by atoms with Crippen LogP contribution >= 0.6 is 0 Å². The predicted molar refractivity (Wildman–Crippen MR) is 121 cm³/mol. The molecule has 0 amide bonds. The van der Waals surface area contributed by atoms with Gasteiger partial charge in [-0.15, -0.1) is 0 Å². The van der Waals surface area contributed by atoms with E-state index in [9.17, 15) is 4.79 Å². The molecule has 0 N–H and O–H groups in total. The van der Waals surface area contributed by atoms with E-state index in [1.165, 1.54) is 32.1 Å². The highest BCUT2D eigenvalue weighted by Gasteiger charge is 2.03. The Labute approximate surface area is 175 Å². The molecule has 2 aromatic carbocycles. The molecule has 2 rings (SSSR count). The fraction of sp³-hybridized carbons (Fsp3) is 0.423. The topological polar surface area (TPSA) is 35.5 Å². The zero-order valence-corrected chi connectivity index (χ0v) is 17.9. The Morgan fingerprint density at radius 2 is 1.31 bits per heavy atom. The number of allylic oxidation sites excluding steroid dienone is 1. The van der Waals surface area contributed by atoms with Crippen LogP contribution in [-0.2, 0) is 0 Å². The zero-order chi connectivity index (χ0) is 20.7. The van der Waals surface area contributed by atoms with Crippen molar-refractivity contribution >= 4 is 11.9 Å². The molecule has 156 valence electrons. The van der Waals surface area contributed by atoms with Crippen molar-refractivity contribution in [1.29, 1.82) is 0 Å². The maximum atomic E-state index is 12.4. The van der Waals surface area contributed by atoms with Crippen LogP contribution in [0, 0.1) is 0 Å². The molecule has 0 saturated heterocycles. The molecule has 0 heterocycles. The van der Waals surface area contributed by atoms with Crippen molar-refractivity contribution < 1.29 is 14.3 Å². The summed E-state index contributed by atoms with van der Waals surface area (Å²) in [7, 11) is 0. The van der Waals surface area contributed by atoms with Gasteiger partial charge in [0, 0.05) is 5.56 Å². The fourth-order valence-electron chi connectivity index (χ4n) is 2.95. The van der Waals surface area contributed by atoms with Gasteiger partial charge in [0.1, 0.15) is 11.5 Å². The van der Waals surface area contributed by atoms with Gasteiger partial charge in [0.2, 0.25) is 0 Å². The highest BCUT2D eigenvalue weighted by Crippen LogP contribution is 2.16. The van der Waals surface area contributed by atoms with Gasteiger partial charge < -0.3 is 9.47 Å². The van der Waals surface area contributed by atoms with Crippen LogP contribution in [0.3, 0.4) is 0 Å². The molecule has 0 radical (unpaired) electrons. The van der Waals surface area contributed by atoms with Gasteiger partial charge in [0.15, 0.2) is 5.78 Å². The van der Waals surface area contributed by atoms with Gasteiger partial charge in [-0.25, -0.2) is 0 Å². The summed E-state index contributed by atoms with van der Waals surface area (Å²) in [5.41, 5.74) is 1.64. The molecule has 0 spiro atoms. The number of benzene rings is 2. The summed E-state index contributed by atoms with van der Waals surface area (Å²) in [6.07, 6.45) is 11.9. The Morgan fingerprint density at radius 1 is 0.724 bits per heavy atom. The molecule has 0 aliphatic carbocycles. The molecular formula is C26H34O3. The van der Waals surface area contributed by atoms with Gasteiger partial charge in [-0.05, 0) is 60.9 Å². The zero-order valence-electron chi connectivity index (χ0n) is 17.9. The molecule has 0 saturated carbocycles. The summed E-state index contributed by atoms with van der Waals surface area (Å²) in [6, 6.07) is 15.2. The van der Waals surface area contributed by atoms with Crippen molar-refractivity contribution in [2.45, 2.75) is 58.8 Å². The minimum absolute atomic E-state index is 0.0150. The molecule has 3 nitrogen and oxygen atoms in total. The Bertz CT molecular complexity index is 730. The number of hydrogen-bond donors (Lipinski definition) is 0. The summed E-state index contributed by atoms with van der Waals surface area (Å²) in [5, 5.41) is 0. The lowest BCUT2D eigenvalue weighted by Crippen LogP contribution is -1.99. The van der Waals surface area contributed by atoms with E-state index >= 15 is 0 Å². The van der Waals surface area contributed by atoms with Crippen molar-refractivity contribution in [2.24, 2.45) is 0 Å². The third kappa shape index (κ3) is 8.99. The first-order chi connectivity index (χ1) is 14.2. The van der Waals surface area contributed by atoms with Crippen molar-refractivity contribution in [3.63, 3.8) is 0 Å². The van der Waals surface area contributed by atoms with Gasteiger partial charge in [0.25, 0.3) is 0 Å². The third-order valence-electron chi connectivity index (χ3n) is 4.69. The number of hydrogen-bond acceptors (Lipinski definition) is 3. The number of carbonyl (C=O) groups is 1. The van der Waals surface area contributed by atoms with Crippen molar-refractivity contribution in [2.75, 3.05) is 13.2 Å². The second-order valence-corrected chi connectivity index (χ2v) is 7.26. The molecule has 0 aromatic heterocycles. The second-order valence-electron chi connectivity index (χ2n) is 7.26. The largest absolute Gasteiger partial charge is 0.494 e. The molecule has 0 unspecified atom stereocenters. The fourth-order valence-corrected chi connectivity index (χ4v) is 2.95. The van der Waals surface area contributed by atoms with E-state index in [1.54, 1.807) is 6.08 Å². The Hall–Kier alpha value is -2.55. The van der Waals surface area contributed by atoms with Crippen LogP contribution in [0.25, 0.3) is 6.08 Å². The summed E-state index contributed by atoms with van der Waals surface area (Å²) >= 11 is 0. The molecule has 0 atom stereocenters. The first kappa shape index (κ1) is 22.7. The smallest absolute Gasteiger partial charge is 0.185 e. The highest BCUT2D eigenvalue weighted by molar-refractivity contribution is 6.06. The van der Waals surface area contributed by atoms with E-state index in [0.717, 1.165) is 36.5 Å². The minimum atomic E-state index is -0.0150. The Kier molecular flexibility index (Phi) is 10.7. The van der Waals surface area contributed by atoms with E-state index in [-0.39, 0.29) is 5.78 Å². The number of unbranched alkanes of at least 4 members (excludes halogenated alkanes) is 5.